The van der Waals surface area contributed by atoms with Crippen molar-refractivity contribution in [2.24, 2.45) is 4.99 Å². The molecule has 164 valence electrons. The molecule has 0 saturated carbocycles. The Morgan fingerprint density at radius 3 is 2.48 bits per heavy atom. The fraction of sp³-hybridized carbons (Fsp3) is 0.273. The quantitative estimate of drug-likeness (QED) is 0.624. The standard InChI is InChI=1S/C22H21F4N3O2/c1-14(2)29(21(30)20-12-28(3)13-27-20)11-15-4-9-19(23)18(10-15)16-5-7-17(8-6-16)31-22(24,25)26/h4-10,13,20H,1,11-12H2,2-3H3. The summed E-state index contributed by atoms with van der Waals surface area (Å²) in [6.45, 7) is 6.18. The van der Waals surface area contributed by atoms with Crippen LogP contribution in [0.25, 0.3) is 11.1 Å². The zero-order valence-electron chi connectivity index (χ0n) is 17.0. The normalized spacial score (nSPS) is 15.8. The summed E-state index contributed by atoms with van der Waals surface area (Å²) >= 11 is 0. The van der Waals surface area contributed by atoms with Gasteiger partial charge in [0.2, 0.25) is 0 Å². The van der Waals surface area contributed by atoms with Crippen LogP contribution < -0.4 is 4.74 Å². The summed E-state index contributed by atoms with van der Waals surface area (Å²) in [4.78, 5) is 20.3. The summed E-state index contributed by atoms with van der Waals surface area (Å²) in [6, 6.07) is 8.74. The second kappa shape index (κ2) is 8.79. The van der Waals surface area contributed by atoms with Gasteiger partial charge in [0.25, 0.3) is 5.91 Å². The zero-order valence-corrected chi connectivity index (χ0v) is 17.0. The topological polar surface area (TPSA) is 45.1 Å². The number of ether oxygens (including phenoxy) is 1. The number of aliphatic imine (C=N–C) groups is 1. The number of carbonyl (C=O) groups excluding carboxylic acids is 1. The van der Waals surface area contributed by atoms with Crippen LogP contribution in [-0.2, 0) is 11.3 Å². The molecule has 0 N–H and O–H groups in total. The lowest BCUT2D eigenvalue weighted by molar-refractivity contribution is -0.274. The van der Waals surface area contributed by atoms with E-state index in [1.54, 1.807) is 30.3 Å². The molecule has 0 radical (unpaired) electrons. The van der Waals surface area contributed by atoms with E-state index in [9.17, 15) is 22.4 Å². The Bertz CT molecular complexity index is 1000. The van der Waals surface area contributed by atoms with Crippen LogP contribution in [0.15, 0.2) is 59.7 Å². The van der Waals surface area contributed by atoms with Crippen LogP contribution in [0.5, 0.6) is 5.75 Å². The van der Waals surface area contributed by atoms with E-state index >= 15 is 0 Å². The van der Waals surface area contributed by atoms with Gasteiger partial charge in [0.1, 0.15) is 17.6 Å². The van der Waals surface area contributed by atoms with E-state index in [0.717, 1.165) is 12.1 Å². The Labute approximate surface area is 177 Å². The number of alkyl halides is 3. The van der Waals surface area contributed by atoms with Crippen molar-refractivity contribution < 1.29 is 27.1 Å². The molecule has 1 aliphatic heterocycles. The first kappa shape index (κ1) is 22.3. The van der Waals surface area contributed by atoms with Crippen molar-refractivity contribution in [2.75, 3.05) is 13.6 Å². The number of hydrogen-bond acceptors (Lipinski definition) is 4. The van der Waals surface area contributed by atoms with Crippen molar-refractivity contribution in [1.82, 2.24) is 9.80 Å². The molecule has 2 aromatic rings. The van der Waals surface area contributed by atoms with E-state index in [1.807, 2.05) is 7.05 Å². The molecule has 5 nitrogen and oxygen atoms in total. The highest BCUT2D eigenvalue weighted by Gasteiger charge is 2.31. The molecule has 1 amide bonds. The minimum atomic E-state index is -4.80. The number of carbonyl (C=O) groups is 1. The smallest absolute Gasteiger partial charge is 0.406 e. The molecule has 0 aliphatic carbocycles. The molecule has 3 rings (SSSR count). The molecular weight excluding hydrogens is 414 g/mol. The molecule has 1 atom stereocenters. The van der Waals surface area contributed by atoms with Crippen LogP contribution in [0.1, 0.15) is 12.5 Å². The molecular formula is C22H21F4N3O2. The van der Waals surface area contributed by atoms with Crippen LogP contribution >= 0.6 is 0 Å². The molecule has 9 heteroatoms. The van der Waals surface area contributed by atoms with Gasteiger partial charge < -0.3 is 14.5 Å². The Balaban J connectivity index is 1.82. The summed E-state index contributed by atoms with van der Waals surface area (Å²) < 4.78 is 55.3. The van der Waals surface area contributed by atoms with Gasteiger partial charge in [0.05, 0.1) is 12.9 Å². The maximum atomic E-state index is 14.4. The van der Waals surface area contributed by atoms with Crippen LogP contribution in [0.3, 0.4) is 0 Å². The van der Waals surface area contributed by atoms with E-state index in [1.165, 1.54) is 23.1 Å². The lowest BCUT2D eigenvalue weighted by Gasteiger charge is -2.25. The molecule has 1 heterocycles. The number of allylic oxidation sites excluding steroid dienone is 1. The number of halogens is 4. The fourth-order valence-electron chi connectivity index (χ4n) is 3.19. The first-order chi connectivity index (χ1) is 14.5. The van der Waals surface area contributed by atoms with Gasteiger partial charge in [0, 0.05) is 24.9 Å². The predicted octanol–water partition coefficient (Wildman–Crippen LogP) is 4.60. The minimum Gasteiger partial charge on any atom is -0.406 e. The Hall–Kier alpha value is -3.36. The first-order valence-corrected chi connectivity index (χ1v) is 9.38. The second-order valence-corrected chi connectivity index (χ2v) is 7.27. The van der Waals surface area contributed by atoms with E-state index in [4.69, 9.17) is 0 Å². The Morgan fingerprint density at radius 2 is 1.94 bits per heavy atom. The van der Waals surface area contributed by atoms with Gasteiger partial charge in [-0.15, -0.1) is 13.2 Å². The van der Waals surface area contributed by atoms with E-state index < -0.39 is 24.0 Å². The molecule has 1 unspecified atom stereocenters. The first-order valence-electron chi connectivity index (χ1n) is 9.38. The molecule has 2 aromatic carbocycles. The van der Waals surface area contributed by atoms with E-state index in [0.29, 0.717) is 23.4 Å². The Kier molecular flexibility index (Phi) is 6.33. The van der Waals surface area contributed by atoms with Crippen LogP contribution in [0.2, 0.25) is 0 Å². The highest BCUT2D eigenvalue weighted by atomic mass is 19.4. The number of hydrogen-bond donors (Lipinski definition) is 0. The van der Waals surface area contributed by atoms with Gasteiger partial charge in [-0.25, -0.2) is 4.39 Å². The van der Waals surface area contributed by atoms with Crippen molar-refractivity contribution in [3.63, 3.8) is 0 Å². The molecule has 0 spiro atoms. The van der Waals surface area contributed by atoms with Gasteiger partial charge in [-0.1, -0.05) is 24.8 Å². The number of rotatable bonds is 6. The second-order valence-electron chi connectivity index (χ2n) is 7.27. The maximum absolute atomic E-state index is 14.4. The SMILES string of the molecule is C=C(C)N(Cc1ccc(F)c(-c2ccc(OC(F)(F)F)cc2)c1)C(=O)C1CN(C)C=N1. The summed E-state index contributed by atoms with van der Waals surface area (Å²) in [5, 5.41) is 0. The maximum Gasteiger partial charge on any atom is 0.573 e. The van der Waals surface area contributed by atoms with Gasteiger partial charge in [-0.3, -0.25) is 9.79 Å². The van der Waals surface area contributed by atoms with Gasteiger partial charge in [0.15, 0.2) is 0 Å². The molecule has 0 aromatic heterocycles. The fourth-order valence-corrected chi connectivity index (χ4v) is 3.19. The molecule has 0 bridgehead atoms. The molecule has 0 saturated heterocycles. The van der Waals surface area contributed by atoms with Crippen LogP contribution in [-0.4, -0.2) is 48.0 Å². The summed E-state index contributed by atoms with van der Waals surface area (Å²) in [7, 11) is 1.82. The van der Waals surface area contributed by atoms with Crippen LogP contribution in [0.4, 0.5) is 17.6 Å². The third-order valence-electron chi connectivity index (χ3n) is 4.69. The zero-order chi connectivity index (χ0) is 22.8. The lowest BCUT2D eigenvalue weighted by Crippen LogP contribution is -2.38. The third-order valence-corrected chi connectivity index (χ3v) is 4.69. The highest BCUT2D eigenvalue weighted by molar-refractivity contribution is 5.86. The van der Waals surface area contributed by atoms with Gasteiger partial charge in [-0.2, -0.15) is 0 Å². The largest absolute Gasteiger partial charge is 0.573 e. The average Bonchev–Trinajstić information content (AvgIpc) is 3.12. The van der Waals surface area contributed by atoms with Crippen molar-refractivity contribution in [3.8, 4) is 16.9 Å². The average molecular weight is 435 g/mol. The van der Waals surface area contributed by atoms with Crippen molar-refractivity contribution in [1.29, 1.82) is 0 Å². The van der Waals surface area contributed by atoms with E-state index in [2.05, 4.69) is 16.3 Å². The number of benzene rings is 2. The number of likely N-dealkylation sites (N-methyl/N-ethyl adjacent to an activating group) is 1. The van der Waals surface area contributed by atoms with Crippen LogP contribution in [0, 0.1) is 5.82 Å². The third kappa shape index (κ3) is 5.62. The molecule has 31 heavy (non-hydrogen) atoms. The van der Waals surface area contributed by atoms with Crippen molar-refractivity contribution in [3.05, 3.63) is 66.1 Å². The molecule has 0 fully saturated rings. The lowest BCUT2D eigenvalue weighted by atomic mass is 10.0. The minimum absolute atomic E-state index is 0.159. The predicted molar refractivity (Wildman–Crippen MR) is 109 cm³/mol. The summed E-state index contributed by atoms with van der Waals surface area (Å²) in [6.07, 6.45) is -3.20. The summed E-state index contributed by atoms with van der Waals surface area (Å²) in [5.74, 6) is -1.15. The van der Waals surface area contributed by atoms with Crippen molar-refractivity contribution >= 4 is 12.2 Å². The monoisotopic (exact) mass is 435 g/mol. The summed E-state index contributed by atoms with van der Waals surface area (Å²) in [5.41, 5.74) is 1.74. The van der Waals surface area contributed by atoms with E-state index in [-0.39, 0.29) is 18.0 Å². The number of nitrogens with zero attached hydrogens (tertiary/aromatic N) is 3. The van der Waals surface area contributed by atoms with Gasteiger partial charge >= 0.3 is 6.36 Å². The van der Waals surface area contributed by atoms with Gasteiger partial charge in [-0.05, 0) is 42.3 Å². The van der Waals surface area contributed by atoms with Crippen molar-refractivity contribution in [2.45, 2.75) is 25.9 Å². The number of amides is 1. The molecule has 1 aliphatic rings. The highest BCUT2D eigenvalue weighted by Crippen LogP contribution is 2.29. The Morgan fingerprint density at radius 1 is 1.26 bits per heavy atom.